The summed E-state index contributed by atoms with van der Waals surface area (Å²) in [6.07, 6.45) is 0. The second kappa shape index (κ2) is 6.16. The van der Waals surface area contributed by atoms with Crippen LogP contribution in [0.25, 0.3) is 0 Å². The SMILES string of the molecule is N#Cc1cc(Br)ccc1NC(=O)c1ccc(F)c(Br)c1. The number of nitriles is 1. The van der Waals surface area contributed by atoms with Gasteiger partial charge in [-0.15, -0.1) is 0 Å². The predicted molar refractivity (Wildman–Crippen MR) is 80.9 cm³/mol. The predicted octanol–water partition coefficient (Wildman–Crippen LogP) is 4.47. The van der Waals surface area contributed by atoms with E-state index in [1.165, 1.54) is 18.2 Å². The lowest BCUT2D eigenvalue weighted by molar-refractivity contribution is 0.102. The Morgan fingerprint density at radius 3 is 2.60 bits per heavy atom. The number of halogens is 3. The molecule has 3 nitrogen and oxygen atoms in total. The number of carbonyl (C=O) groups excluding carboxylic acids is 1. The smallest absolute Gasteiger partial charge is 0.255 e. The van der Waals surface area contributed by atoms with Gasteiger partial charge in [0, 0.05) is 10.0 Å². The van der Waals surface area contributed by atoms with Crippen LogP contribution < -0.4 is 5.32 Å². The van der Waals surface area contributed by atoms with Crippen LogP contribution in [0.5, 0.6) is 0 Å². The van der Waals surface area contributed by atoms with Gasteiger partial charge in [0.15, 0.2) is 0 Å². The fourth-order valence-electron chi connectivity index (χ4n) is 1.55. The lowest BCUT2D eigenvalue weighted by Gasteiger charge is -2.08. The molecule has 100 valence electrons. The third-order valence-electron chi connectivity index (χ3n) is 2.53. The van der Waals surface area contributed by atoms with Crippen LogP contribution in [0.3, 0.4) is 0 Å². The van der Waals surface area contributed by atoms with Crippen molar-refractivity contribution in [3.05, 3.63) is 62.3 Å². The second-order valence-electron chi connectivity index (χ2n) is 3.88. The first kappa shape index (κ1) is 14.7. The molecular weight excluding hydrogens is 391 g/mol. The lowest BCUT2D eigenvalue weighted by Crippen LogP contribution is -2.13. The number of nitrogens with zero attached hydrogens (tertiary/aromatic N) is 1. The molecule has 2 aromatic rings. The Hall–Kier alpha value is -1.71. The zero-order valence-electron chi connectivity index (χ0n) is 9.95. The molecule has 2 aromatic carbocycles. The van der Waals surface area contributed by atoms with Crippen LogP contribution in [0.1, 0.15) is 15.9 Å². The van der Waals surface area contributed by atoms with Gasteiger partial charge in [0.2, 0.25) is 0 Å². The molecule has 0 fully saturated rings. The number of hydrogen-bond acceptors (Lipinski definition) is 2. The molecule has 0 aromatic heterocycles. The van der Waals surface area contributed by atoms with Crippen molar-refractivity contribution in [1.82, 2.24) is 0 Å². The van der Waals surface area contributed by atoms with E-state index in [2.05, 4.69) is 37.2 Å². The molecule has 0 atom stereocenters. The molecule has 0 heterocycles. The van der Waals surface area contributed by atoms with Gasteiger partial charge in [-0.3, -0.25) is 4.79 Å². The third-order valence-corrected chi connectivity index (χ3v) is 3.63. The summed E-state index contributed by atoms with van der Waals surface area (Å²) in [6.45, 7) is 0. The van der Waals surface area contributed by atoms with E-state index >= 15 is 0 Å². The zero-order valence-corrected chi connectivity index (χ0v) is 13.1. The van der Waals surface area contributed by atoms with E-state index < -0.39 is 11.7 Å². The molecule has 0 spiro atoms. The monoisotopic (exact) mass is 396 g/mol. The van der Waals surface area contributed by atoms with Crippen molar-refractivity contribution in [2.24, 2.45) is 0 Å². The van der Waals surface area contributed by atoms with E-state index in [1.807, 2.05) is 6.07 Å². The maximum atomic E-state index is 13.1. The van der Waals surface area contributed by atoms with Crippen LogP contribution >= 0.6 is 31.9 Å². The molecule has 0 radical (unpaired) electrons. The van der Waals surface area contributed by atoms with E-state index in [4.69, 9.17) is 5.26 Å². The highest BCUT2D eigenvalue weighted by molar-refractivity contribution is 9.10. The van der Waals surface area contributed by atoms with Crippen molar-refractivity contribution in [1.29, 1.82) is 5.26 Å². The molecule has 0 aliphatic heterocycles. The van der Waals surface area contributed by atoms with Crippen molar-refractivity contribution < 1.29 is 9.18 Å². The van der Waals surface area contributed by atoms with Gasteiger partial charge in [-0.25, -0.2) is 4.39 Å². The van der Waals surface area contributed by atoms with E-state index in [-0.39, 0.29) is 4.47 Å². The van der Waals surface area contributed by atoms with Crippen molar-refractivity contribution >= 4 is 43.5 Å². The molecule has 6 heteroatoms. The minimum Gasteiger partial charge on any atom is -0.321 e. The fraction of sp³-hybridized carbons (Fsp3) is 0. The number of nitrogens with one attached hydrogen (secondary N) is 1. The van der Waals surface area contributed by atoms with E-state index in [1.54, 1.807) is 18.2 Å². The first-order chi connectivity index (χ1) is 9.51. The minimum atomic E-state index is -0.442. The lowest BCUT2D eigenvalue weighted by atomic mass is 10.1. The number of rotatable bonds is 2. The van der Waals surface area contributed by atoms with Crippen molar-refractivity contribution in [2.75, 3.05) is 5.32 Å². The minimum absolute atomic E-state index is 0.210. The Morgan fingerprint density at radius 2 is 1.95 bits per heavy atom. The Morgan fingerprint density at radius 1 is 1.20 bits per heavy atom. The Labute approximate surface area is 131 Å². The highest BCUT2D eigenvalue weighted by Gasteiger charge is 2.11. The van der Waals surface area contributed by atoms with Crippen LogP contribution in [0, 0.1) is 17.1 Å². The van der Waals surface area contributed by atoms with Crippen LogP contribution in [0.2, 0.25) is 0 Å². The molecule has 2 rings (SSSR count). The summed E-state index contributed by atoms with van der Waals surface area (Å²) in [6, 6.07) is 10.9. The third kappa shape index (κ3) is 3.24. The van der Waals surface area contributed by atoms with Crippen LogP contribution in [-0.2, 0) is 0 Å². The molecule has 0 unspecified atom stereocenters. The van der Waals surface area contributed by atoms with Crippen LogP contribution in [-0.4, -0.2) is 5.91 Å². The summed E-state index contributed by atoms with van der Waals surface area (Å²) in [7, 11) is 0. The average Bonchev–Trinajstić information content (AvgIpc) is 2.43. The van der Waals surface area contributed by atoms with Gasteiger partial charge in [0.05, 0.1) is 15.7 Å². The maximum Gasteiger partial charge on any atom is 0.255 e. The first-order valence-corrected chi connectivity index (χ1v) is 7.06. The highest BCUT2D eigenvalue weighted by atomic mass is 79.9. The first-order valence-electron chi connectivity index (χ1n) is 5.47. The highest BCUT2D eigenvalue weighted by Crippen LogP contribution is 2.22. The Balaban J connectivity index is 2.28. The normalized spacial score (nSPS) is 9.90. The molecule has 1 amide bonds. The number of hydrogen-bond donors (Lipinski definition) is 1. The van der Waals surface area contributed by atoms with Crippen LogP contribution in [0.15, 0.2) is 45.3 Å². The number of amides is 1. The number of anilines is 1. The number of carbonyl (C=O) groups is 1. The summed E-state index contributed by atoms with van der Waals surface area (Å²) in [5.41, 5.74) is 1.04. The molecule has 0 saturated carbocycles. The molecule has 0 saturated heterocycles. The molecular formula is C14H7Br2FN2O. The topological polar surface area (TPSA) is 52.9 Å². The molecule has 0 aliphatic carbocycles. The quantitative estimate of drug-likeness (QED) is 0.812. The summed E-state index contributed by atoms with van der Waals surface area (Å²) >= 11 is 6.28. The van der Waals surface area contributed by atoms with E-state index in [0.717, 1.165) is 4.47 Å². The van der Waals surface area contributed by atoms with Gasteiger partial charge in [-0.1, -0.05) is 15.9 Å². The maximum absolute atomic E-state index is 13.1. The van der Waals surface area contributed by atoms with Gasteiger partial charge < -0.3 is 5.32 Å². The van der Waals surface area contributed by atoms with Gasteiger partial charge in [-0.05, 0) is 52.3 Å². The molecule has 1 N–H and O–H groups in total. The largest absolute Gasteiger partial charge is 0.321 e. The van der Waals surface area contributed by atoms with Crippen molar-refractivity contribution in [3.8, 4) is 6.07 Å². The van der Waals surface area contributed by atoms with Crippen molar-refractivity contribution in [2.45, 2.75) is 0 Å². The van der Waals surface area contributed by atoms with E-state index in [0.29, 0.717) is 16.8 Å². The second-order valence-corrected chi connectivity index (χ2v) is 5.65. The summed E-state index contributed by atoms with van der Waals surface area (Å²) in [5.74, 6) is -0.854. The molecule has 0 aliphatic rings. The Bertz CT molecular complexity index is 726. The summed E-state index contributed by atoms with van der Waals surface area (Å²) in [5, 5.41) is 11.7. The number of benzene rings is 2. The van der Waals surface area contributed by atoms with Crippen molar-refractivity contribution in [3.63, 3.8) is 0 Å². The van der Waals surface area contributed by atoms with Gasteiger partial charge in [0.25, 0.3) is 5.91 Å². The van der Waals surface area contributed by atoms with E-state index in [9.17, 15) is 9.18 Å². The zero-order chi connectivity index (χ0) is 14.7. The van der Waals surface area contributed by atoms with Gasteiger partial charge in [0.1, 0.15) is 11.9 Å². The molecule has 20 heavy (non-hydrogen) atoms. The molecule has 0 bridgehead atoms. The van der Waals surface area contributed by atoms with Crippen LogP contribution in [0.4, 0.5) is 10.1 Å². The standard InChI is InChI=1S/C14H7Br2FN2O/c15-10-2-4-13(9(5-10)7-18)19-14(20)8-1-3-12(17)11(16)6-8/h1-6H,(H,19,20). The summed E-state index contributed by atoms with van der Waals surface area (Å²) < 4.78 is 14.1. The van der Waals surface area contributed by atoms with Gasteiger partial charge in [-0.2, -0.15) is 5.26 Å². The average molecular weight is 398 g/mol. The fourth-order valence-corrected chi connectivity index (χ4v) is 2.29. The van der Waals surface area contributed by atoms with Gasteiger partial charge >= 0.3 is 0 Å². The summed E-state index contributed by atoms with van der Waals surface area (Å²) in [4.78, 5) is 12.1. The Kier molecular flexibility index (Phi) is 4.53.